The molecule has 3 nitrogen and oxygen atoms in total. The van der Waals surface area contributed by atoms with Crippen LogP contribution >= 0.6 is 0 Å². The van der Waals surface area contributed by atoms with Crippen molar-refractivity contribution in [1.29, 1.82) is 0 Å². The standard InChI is InChI=1S/C14H16N2O/c1-10-9-16-6-5-13(10)14-4-3-12(17-2)7-11(14)8-15/h3-7,9H,8,15H2,1-2H3. The fraction of sp³-hybridized carbons (Fsp3) is 0.214. The lowest BCUT2D eigenvalue weighted by Crippen LogP contribution is -2.00. The van der Waals surface area contributed by atoms with Crippen LogP contribution in [0.3, 0.4) is 0 Å². The lowest BCUT2D eigenvalue weighted by Gasteiger charge is -2.11. The van der Waals surface area contributed by atoms with E-state index in [1.54, 1.807) is 13.3 Å². The number of methoxy groups -OCH3 is 1. The molecular formula is C14H16N2O. The minimum atomic E-state index is 0.494. The van der Waals surface area contributed by atoms with Gasteiger partial charge in [0.25, 0.3) is 0 Å². The quantitative estimate of drug-likeness (QED) is 0.878. The van der Waals surface area contributed by atoms with Crippen molar-refractivity contribution in [2.45, 2.75) is 13.5 Å². The second-order valence-electron chi connectivity index (χ2n) is 3.92. The molecule has 0 saturated carbocycles. The van der Waals surface area contributed by atoms with Crippen LogP contribution in [0.1, 0.15) is 11.1 Å². The molecule has 3 heteroatoms. The van der Waals surface area contributed by atoms with Crippen molar-refractivity contribution in [2.24, 2.45) is 5.73 Å². The molecule has 2 aromatic rings. The third-order valence-corrected chi connectivity index (χ3v) is 2.84. The van der Waals surface area contributed by atoms with Crippen molar-refractivity contribution < 1.29 is 4.74 Å². The Morgan fingerprint density at radius 3 is 2.71 bits per heavy atom. The molecule has 0 fully saturated rings. The molecule has 17 heavy (non-hydrogen) atoms. The number of aromatic nitrogens is 1. The summed E-state index contributed by atoms with van der Waals surface area (Å²) in [6.07, 6.45) is 3.66. The molecular weight excluding hydrogens is 212 g/mol. The lowest BCUT2D eigenvalue weighted by atomic mass is 9.97. The van der Waals surface area contributed by atoms with Crippen LogP contribution in [0.4, 0.5) is 0 Å². The van der Waals surface area contributed by atoms with E-state index in [2.05, 4.69) is 4.98 Å². The largest absolute Gasteiger partial charge is 0.497 e. The first-order valence-corrected chi connectivity index (χ1v) is 5.54. The third-order valence-electron chi connectivity index (χ3n) is 2.84. The highest BCUT2D eigenvalue weighted by molar-refractivity contribution is 5.70. The average molecular weight is 228 g/mol. The molecule has 2 N–H and O–H groups in total. The fourth-order valence-corrected chi connectivity index (χ4v) is 1.90. The normalized spacial score (nSPS) is 10.3. The van der Waals surface area contributed by atoms with E-state index in [0.717, 1.165) is 22.4 Å². The molecule has 88 valence electrons. The van der Waals surface area contributed by atoms with Crippen LogP contribution in [0.2, 0.25) is 0 Å². The molecule has 0 aliphatic heterocycles. The molecule has 0 radical (unpaired) electrons. The first-order valence-electron chi connectivity index (χ1n) is 5.54. The van der Waals surface area contributed by atoms with Gasteiger partial charge in [0.05, 0.1) is 7.11 Å². The molecule has 0 saturated heterocycles. The summed E-state index contributed by atoms with van der Waals surface area (Å²) in [6.45, 7) is 2.54. The predicted octanol–water partition coefficient (Wildman–Crippen LogP) is 2.52. The van der Waals surface area contributed by atoms with Gasteiger partial charge in [0, 0.05) is 18.9 Å². The zero-order valence-electron chi connectivity index (χ0n) is 10.1. The van der Waals surface area contributed by atoms with Crippen LogP contribution < -0.4 is 10.5 Å². The Bertz CT molecular complexity index is 523. The van der Waals surface area contributed by atoms with Gasteiger partial charge in [-0.05, 0) is 47.4 Å². The molecule has 0 spiro atoms. The minimum absolute atomic E-state index is 0.494. The summed E-state index contributed by atoms with van der Waals surface area (Å²) in [5.41, 5.74) is 10.3. The van der Waals surface area contributed by atoms with Crippen molar-refractivity contribution in [3.63, 3.8) is 0 Å². The molecule has 1 aromatic carbocycles. The van der Waals surface area contributed by atoms with Gasteiger partial charge in [-0.1, -0.05) is 6.07 Å². The molecule has 2 rings (SSSR count). The minimum Gasteiger partial charge on any atom is -0.497 e. The van der Waals surface area contributed by atoms with E-state index in [0.29, 0.717) is 6.54 Å². The van der Waals surface area contributed by atoms with Gasteiger partial charge in [-0.2, -0.15) is 0 Å². The number of nitrogens with zero attached hydrogens (tertiary/aromatic N) is 1. The number of hydrogen-bond donors (Lipinski definition) is 1. The number of benzene rings is 1. The molecule has 0 unspecified atom stereocenters. The first kappa shape index (κ1) is 11.6. The number of aryl methyl sites for hydroxylation is 1. The highest BCUT2D eigenvalue weighted by Crippen LogP contribution is 2.28. The molecule has 1 heterocycles. The van der Waals surface area contributed by atoms with E-state index in [9.17, 15) is 0 Å². The van der Waals surface area contributed by atoms with E-state index >= 15 is 0 Å². The Kier molecular flexibility index (Phi) is 3.40. The van der Waals surface area contributed by atoms with Gasteiger partial charge in [0.15, 0.2) is 0 Å². The van der Waals surface area contributed by atoms with Crippen LogP contribution in [0.25, 0.3) is 11.1 Å². The fourth-order valence-electron chi connectivity index (χ4n) is 1.90. The summed E-state index contributed by atoms with van der Waals surface area (Å²) >= 11 is 0. The van der Waals surface area contributed by atoms with Gasteiger partial charge in [0.1, 0.15) is 5.75 Å². The molecule has 1 aromatic heterocycles. The van der Waals surface area contributed by atoms with Gasteiger partial charge in [0.2, 0.25) is 0 Å². The molecule has 0 atom stereocenters. The van der Waals surface area contributed by atoms with E-state index in [4.69, 9.17) is 10.5 Å². The van der Waals surface area contributed by atoms with Crippen molar-refractivity contribution >= 4 is 0 Å². The summed E-state index contributed by atoms with van der Waals surface area (Å²) in [5, 5.41) is 0. The molecule has 0 aliphatic carbocycles. The van der Waals surface area contributed by atoms with Crippen molar-refractivity contribution in [2.75, 3.05) is 7.11 Å². The number of nitrogens with two attached hydrogens (primary N) is 1. The smallest absolute Gasteiger partial charge is 0.119 e. The second-order valence-corrected chi connectivity index (χ2v) is 3.92. The predicted molar refractivity (Wildman–Crippen MR) is 68.9 cm³/mol. The van der Waals surface area contributed by atoms with Crippen molar-refractivity contribution in [3.05, 3.63) is 47.8 Å². The van der Waals surface area contributed by atoms with Gasteiger partial charge in [-0.3, -0.25) is 4.98 Å². The van der Waals surface area contributed by atoms with Crippen LogP contribution in [0, 0.1) is 6.92 Å². The molecule has 0 bridgehead atoms. The van der Waals surface area contributed by atoms with E-state index in [1.165, 1.54) is 5.56 Å². The maximum absolute atomic E-state index is 5.79. The number of hydrogen-bond acceptors (Lipinski definition) is 3. The zero-order valence-corrected chi connectivity index (χ0v) is 10.1. The summed E-state index contributed by atoms with van der Waals surface area (Å²) in [7, 11) is 1.66. The van der Waals surface area contributed by atoms with Crippen LogP contribution in [-0.2, 0) is 6.54 Å². The van der Waals surface area contributed by atoms with Crippen molar-refractivity contribution in [3.8, 4) is 16.9 Å². The van der Waals surface area contributed by atoms with Crippen LogP contribution in [-0.4, -0.2) is 12.1 Å². The number of pyridine rings is 1. The molecule has 0 amide bonds. The zero-order chi connectivity index (χ0) is 12.3. The Morgan fingerprint density at radius 1 is 1.24 bits per heavy atom. The Labute approximate surface area is 101 Å². The van der Waals surface area contributed by atoms with Crippen LogP contribution in [0.15, 0.2) is 36.7 Å². The van der Waals surface area contributed by atoms with Gasteiger partial charge < -0.3 is 10.5 Å². The summed E-state index contributed by atoms with van der Waals surface area (Å²) in [5.74, 6) is 0.834. The summed E-state index contributed by atoms with van der Waals surface area (Å²) < 4.78 is 5.21. The maximum atomic E-state index is 5.79. The number of rotatable bonds is 3. The average Bonchev–Trinajstić information content (AvgIpc) is 2.38. The summed E-state index contributed by atoms with van der Waals surface area (Å²) in [6, 6.07) is 7.99. The Morgan fingerprint density at radius 2 is 2.06 bits per heavy atom. The van der Waals surface area contributed by atoms with E-state index < -0.39 is 0 Å². The maximum Gasteiger partial charge on any atom is 0.119 e. The van der Waals surface area contributed by atoms with Gasteiger partial charge in [-0.15, -0.1) is 0 Å². The lowest BCUT2D eigenvalue weighted by molar-refractivity contribution is 0.414. The monoisotopic (exact) mass is 228 g/mol. The van der Waals surface area contributed by atoms with Gasteiger partial charge >= 0.3 is 0 Å². The SMILES string of the molecule is COc1ccc(-c2ccncc2C)c(CN)c1. The van der Waals surface area contributed by atoms with E-state index in [-0.39, 0.29) is 0 Å². The molecule has 0 aliphatic rings. The first-order chi connectivity index (χ1) is 8.26. The van der Waals surface area contributed by atoms with Gasteiger partial charge in [-0.25, -0.2) is 0 Å². The Balaban J connectivity index is 2.56. The summed E-state index contributed by atoms with van der Waals surface area (Å²) in [4.78, 5) is 4.10. The van der Waals surface area contributed by atoms with Crippen molar-refractivity contribution in [1.82, 2.24) is 4.98 Å². The highest BCUT2D eigenvalue weighted by Gasteiger charge is 2.07. The Hall–Kier alpha value is -1.87. The second kappa shape index (κ2) is 4.97. The van der Waals surface area contributed by atoms with E-state index in [1.807, 2.05) is 37.4 Å². The topological polar surface area (TPSA) is 48.1 Å². The van der Waals surface area contributed by atoms with Crippen LogP contribution in [0.5, 0.6) is 5.75 Å². The highest BCUT2D eigenvalue weighted by atomic mass is 16.5. The number of ether oxygens (including phenoxy) is 1. The third kappa shape index (κ3) is 2.29.